The molecule has 2 fully saturated rings. The van der Waals surface area contributed by atoms with Crippen LogP contribution in [0.15, 0.2) is 58.8 Å². The van der Waals surface area contributed by atoms with Gasteiger partial charge in [0.1, 0.15) is 11.1 Å². The third-order valence-corrected chi connectivity index (χ3v) is 7.79. The summed E-state index contributed by atoms with van der Waals surface area (Å²) >= 11 is 0. The largest absolute Gasteiger partial charge is 0.495 e. The van der Waals surface area contributed by atoms with E-state index in [0.29, 0.717) is 28.8 Å². The number of fused-ring (bicyclic) bond motifs is 1. The number of allylic oxidation sites excluding steroid dienone is 1. The van der Waals surface area contributed by atoms with Crippen LogP contribution in [0.1, 0.15) is 32.7 Å². The van der Waals surface area contributed by atoms with E-state index in [2.05, 4.69) is 37.8 Å². The van der Waals surface area contributed by atoms with Gasteiger partial charge in [0, 0.05) is 43.1 Å². The second-order valence-electron chi connectivity index (χ2n) is 10.8. The van der Waals surface area contributed by atoms with E-state index in [4.69, 9.17) is 9.72 Å². The van der Waals surface area contributed by atoms with E-state index in [-0.39, 0.29) is 23.7 Å². The van der Waals surface area contributed by atoms with Gasteiger partial charge in [-0.05, 0) is 58.0 Å². The van der Waals surface area contributed by atoms with Crippen molar-refractivity contribution < 1.29 is 4.74 Å². The number of likely N-dealkylation sites (tertiary alicyclic amines) is 1. The number of aromatic nitrogens is 6. The van der Waals surface area contributed by atoms with Crippen LogP contribution in [-0.2, 0) is 6.54 Å². The fourth-order valence-electron chi connectivity index (χ4n) is 5.64. The van der Waals surface area contributed by atoms with Gasteiger partial charge in [0.05, 0.1) is 25.4 Å². The number of nitrogens with zero attached hydrogens (tertiary/aromatic N) is 8. The SMILES string of the molecule is C=CCn1c(=O)c2cnc(Nc3ccc(N4CC(N5CCCC5)C4)c(OC)c3)nc2n1-c1ccc(=O)n(C(C)C)n1. The van der Waals surface area contributed by atoms with Crippen LogP contribution in [0.25, 0.3) is 16.9 Å². The molecule has 0 saturated carbocycles. The Morgan fingerprint density at radius 3 is 2.63 bits per heavy atom. The maximum atomic E-state index is 13.3. The maximum absolute atomic E-state index is 13.3. The molecular weight excluding hydrogens is 522 g/mol. The fraction of sp³-hybridized carbons (Fsp3) is 0.414. The first-order valence-corrected chi connectivity index (χ1v) is 14.0. The average Bonchev–Trinajstić information content (AvgIpc) is 3.56. The van der Waals surface area contributed by atoms with Gasteiger partial charge >= 0.3 is 0 Å². The minimum Gasteiger partial charge on any atom is -0.495 e. The summed E-state index contributed by atoms with van der Waals surface area (Å²) in [6.07, 6.45) is 5.72. The lowest BCUT2D eigenvalue weighted by Crippen LogP contribution is -2.58. The van der Waals surface area contributed by atoms with Gasteiger partial charge in [-0.25, -0.2) is 19.0 Å². The third-order valence-electron chi connectivity index (χ3n) is 7.79. The Balaban J connectivity index is 1.32. The molecular formula is C29H35N9O3. The van der Waals surface area contributed by atoms with Crippen LogP contribution in [0.3, 0.4) is 0 Å². The lowest BCUT2D eigenvalue weighted by Gasteiger charge is -2.45. The summed E-state index contributed by atoms with van der Waals surface area (Å²) in [5.74, 6) is 1.47. The van der Waals surface area contributed by atoms with Crippen molar-refractivity contribution in [3.63, 3.8) is 0 Å². The Bertz CT molecular complexity index is 1710. The Hall–Kier alpha value is -4.45. The van der Waals surface area contributed by atoms with Crippen molar-refractivity contribution in [2.24, 2.45) is 0 Å². The number of benzene rings is 1. The third kappa shape index (κ3) is 4.88. The van der Waals surface area contributed by atoms with Gasteiger partial charge in [0.15, 0.2) is 11.5 Å². The highest BCUT2D eigenvalue weighted by atomic mass is 16.5. The Morgan fingerprint density at radius 1 is 1.15 bits per heavy atom. The van der Waals surface area contributed by atoms with E-state index in [1.807, 2.05) is 26.0 Å². The topological polar surface area (TPSA) is 115 Å². The zero-order valence-corrected chi connectivity index (χ0v) is 23.7. The summed E-state index contributed by atoms with van der Waals surface area (Å²) in [7, 11) is 1.67. The molecule has 0 amide bonds. The van der Waals surface area contributed by atoms with Gasteiger partial charge in [0.2, 0.25) is 5.95 Å². The van der Waals surface area contributed by atoms with Crippen LogP contribution >= 0.6 is 0 Å². The molecule has 0 spiro atoms. The van der Waals surface area contributed by atoms with Gasteiger partial charge in [-0.3, -0.25) is 14.5 Å². The molecule has 2 saturated heterocycles. The zero-order chi connectivity index (χ0) is 28.7. The number of anilines is 3. The highest BCUT2D eigenvalue weighted by Crippen LogP contribution is 2.36. The summed E-state index contributed by atoms with van der Waals surface area (Å²) in [6, 6.07) is 9.44. The van der Waals surface area contributed by atoms with E-state index in [1.165, 1.54) is 47.6 Å². The van der Waals surface area contributed by atoms with Crippen LogP contribution in [0, 0.1) is 0 Å². The van der Waals surface area contributed by atoms with Crippen molar-refractivity contribution in [3.8, 4) is 11.6 Å². The second kappa shape index (κ2) is 10.8. The van der Waals surface area contributed by atoms with Crippen LogP contribution in [-0.4, -0.2) is 73.3 Å². The average molecular weight is 558 g/mol. The molecule has 12 nitrogen and oxygen atoms in total. The summed E-state index contributed by atoms with van der Waals surface area (Å²) < 4.78 is 10.2. The zero-order valence-electron chi connectivity index (χ0n) is 23.7. The van der Waals surface area contributed by atoms with Gasteiger partial charge in [-0.1, -0.05) is 6.08 Å². The smallest absolute Gasteiger partial charge is 0.278 e. The first kappa shape index (κ1) is 26.8. The molecule has 214 valence electrons. The second-order valence-corrected chi connectivity index (χ2v) is 10.8. The number of hydrogen-bond acceptors (Lipinski definition) is 9. The van der Waals surface area contributed by atoms with Crippen molar-refractivity contribution in [3.05, 3.63) is 69.9 Å². The number of rotatable bonds is 9. The maximum Gasteiger partial charge on any atom is 0.278 e. The van der Waals surface area contributed by atoms with Gasteiger partial charge < -0.3 is 15.0 Å². The molecule has 0 atom stereocenters. The summed E-state index contributed by atoms with van der Waals surface area (Å²) in [4.78, 5) is 39.7. The predicted octanol–water partition coefficient (Wildman–Crippen LogP) is 2.94. The van der Waals surface area contributed by atoms with Crippen LogP contribution in [0.5, 0.6) is 5.75 Å². The van der Waals surface area contributed by atoms with Crippen LogP contribution < -0.4 is 26.1 Å². The first-order chi connectivity index (χ1) is 19.9. The number of methoxy groups -OCH3 is 1. The number of ether oxygens (including phenoxy) is 1. The highest BCUT2D eigenvalue weighted by molar-refractivity contribution is 5.77. The number of nitrogens with one attached hydrogen (secondary N) is 1. The van der Waals surface area contributed by atoms with E-state index < -0.39 is 0 Å². The molecule has 2 aliphatic heterocycles. The minimum atomic E-state index is -0.275. The minimum absolute atomic E-state index is 0.156. The molecule has 12 heteroatoms. The standard InChI is InChI=1S/C29H35N9O3/c1-5-12-36-28(40)22-16-30-29(32-27(22)38(36)25-10-11-26(39)37(33-25)19(2)3)31-20-8-9-23(24(15-20)41-4)35-17-21(18-35)34-13-6-7-14-34/h5,8-11,15-16,19,21H,1,6-7,12-14,17-18H2,2-4H3,(H,30,31,32). The lowest BCUT2D eigenvalue weighted by molar-refractivity contribution is 0.204. The lowest BCUT2D eigenvalue weighted by atomic mass is 10.1. The summed E-state index contributed by atoms with van der Waals surface area (Å²) in [5.41, 5.74) is 1.69. The van der Waals surface area contributed by atoms with Crippen LogP contribution in [0.2, 0.25) is 0 Å². The molecule has 3 aromatic heterocycles. The molecule has 1 N–H and O–H groups in total. The molecule has 1 aromatic carbocycles. The molecule has 0 aliphatic carbocycles. The van der Waals surface area contributed by atoms with Crippen molar-refractivity contribution in [1.82, 2.24) is 34.0 Å². The van der Waals surface area contributed by atoms with E-state index in [0.717, 1.165) is 30.2 Å². The van der Waals surface area contributed by atoms with E-state index >= 15 is 0 Å². The first-order valence-electron chi connectivity index (χ1n) is 14.0. The van der Waals surface area contributed by atoms with Gasteiger partial charge in [-0.15, -0.1) is 11.7 Å². The van der Waals surface area contributed by atoms with Gasteiger partial charge in [-0.2, -0.15) is 4.98 Å². The summed E-state index contributed by atoms with van der Waals surface area (Å²) in [5, 5.41) is 8.11. The van der Waals surface area contributed by atoms with Crippen LogP contribution in [0.4, 0.5) is 17.3 Å². The van der Waals surface area contributed by atoms with Crippen molar-refractivity contribution in [2.75, 3.05) is 43.5 Å². The van der Waals surface area contributed by atoms with Gasteiger partial charge in [0.25, 0.3) is 11.1 Å². The Labute approximate surface area is 237 Å². The molecule has 0 bridgehead atoms. The highest BCUT2D eigenvalue weighted by Gasteiger charge is 2.34. The van der Waals surface area contributed by atoms with Crippen molar-refractivity contribution >= 4 is 28.4 Å². The predicted molar refractivity (Wildman–Crippen MR) is 159 cm³/mol. The fourth-order valence-corrected chi connectivity index (χ4v) is 5.64. The molecule has 2 aliphatic rings. The van der Waals surface area contributed by atoms with E-state index in [1.54, 1.807) is 23.9 Å². The van der Waals surface area contributed by atoms with Crippen molar-refractivity contribution in [1.29, 1.82) is 0 Å². The number of hydrogen-bond donors (Lipinski definition) is 1. The molecule has 0 radical (unpaired) electrons. The monoisotopic (exact) mass is 557 g/mol. The summed E-state index contributed by atoms with van der Waals surface area (Å²) in [6.45, 7) is 12.2. The Morgan fingerprint density at radius 2 is 1.93 bits per heavy atom. The molecule has 6 rings (SSSR count). The molecule has 41 heavy (non-hydrogen) atoms. The quantitative estimate of drug-likeness (QED) is 0.310. The molecule has 0 unspecified atom stereocenters. The molecule has 4 aromatic rings. The molecule has 5 heterocycles. The normalized spacial score (nSPS) is 16.0. The Kier molecular flexibility index (Phi) is 7.08. The van der Waals surface area contributed by atoms with Crippen molar-refractivity contribution in [2.45, 2.75) is 45.3 Å². The van der Waals surface area contributed by atoms with E-state index in [9.17, 15) is 9.59 Å².